The lowest BCUT2D eigenvalue weighted by atomic mass is 10.0. The van der Waals surface area contributed by atoms with Crippen molar-refractivity contribution in [2.75, 3.05) is 13.2 Å². The minimum Gasteiger partial charge on any atom is -0.466 e. The zero-order valence-electron chi connectivity index (χ0n) is 53.6. The molecule has 0 aromatic carbocycles. The largest absolute Gasteiger partial charge is 0.466 e. The number of hydrogen-bond donors (Lipinski definition) is 3. The van der Waals surface area contributed by atoms with Crippen molar-refractivity contribution in [1.29, 1.82) is 0 Å². The van der Waals surface area contributed by atoms with Gasteiger partial charge in [-0.3, -0.25) is 9.59 Å². The van der Waals surface area contributed by atoms with E-state index in [4.69, 9.17) is 4.74 Å². The maximum atomic E-state index is 12.4. The third-order valence-corrected chi connectivity index (χ3v) is 17.0. The third kappa shape index (κ3) is 65.4. The zero-order valence-corrected chi connectivity index (χ0v) is 53.6. The van der Waals surface area contributed by atoms with E-state index in [1.807, 2.05) is 0 Å². The number of rotatable bonds is 68. The van der Waals surface area contributed by atoms with Crippen LogP contribution in [0.2, 0.25) is 0 Å². The average molecular weight is 1110 g/mol. The van der Waals surface area contributed by atoms with Crippen LogP contribution in [0.25, 0.3) is 0 Å². The standard InChI is InChI=1S/C73H141NO5/c1-3-5-7-9-11-13-14-15-44-47-51-55-59-63-67-73(78)79-68-64-60-56-52-48-45-42-40-38-36-34-32-30-28-26-24-22-20-18-16-17-19-21-23-25-27-29-31-33-35-37-39-41-43-46-50-54-58-62-66-72(77)74-70(69-75)71(76)65-61-57-53-49-12-10-8-6-4-2/h14-17,70-71,75-76H,3-13,18-69H2,1-2H3,(H,74,77)/b15-14-,17-16-. The molecule has 0 radical (unpaired) electrons. The van der Waals surface area contributed by atoms with Crippen molar-refractivity contribution in [3.8, 4) is 0 Å². The van der Waals surface area contributed by atoms with Crippen molar-refractivity contribution in [3.63, 3.8) is 0 Å². The molecule has 6 nitrogen and oxygen atoms in total. The lowest BCUT2D eigenvalue weighted by Gasteiger charge is -2.22. The molecule has 0 heterocycles. The Morgan fingerprint density at radius 2 is 0.595 bits per heavy atom. The highest BCUT2D eigenvalue weighted by Crippen LogP contribution is 2.19. The first kappa shape index (κ1) is 77.3. The summed E-state index contributed by atoms with van der Waals surface area (Å²) in [5, 5.41) is 23.1. The fraction of sp³-hybridized carbons (Fsp3) is 0.918. The van der Waals surface area contributed by atoms with Gasteiger partial charge in [0.2, 0.25) is 5.91 Å². The molecule has 0 aliphatic carbocycles. The van der Waals surface area contributed by atoms with Crippen LogP contribution in [0.5, 0.6) is 0 Å². The summed E-state index contributed by atoms with van der Waals surface area (Å²) >= 11 is 0. The first-order valence-electron chi connectivity index (χ1n) is 36.1. The second-order valence-corrected chi connectivity index (χ2v) is 24.9. The number of amides is 1. The molecular formula is C73H141NO5. The van der Waals surface area contributed by atoms with Crippen LogP contribution in [0.1, 0.15) is 406 Å². The lowest BCUT2D eigenvalue weighted by Crippen LogP contribution is -2.45. The van der Waals surface area contributed by atoms with Crippen LogP contribution in [0, 0.1) is 0 Å². The van der Waals surface area contributed by atoms with Gasteiger partial charge in [0.15, 0.2) is 0 Å². The summed E-state index contributed by atoms with van der Waals surface area (Å²) in [7, 11) is 0. The second-order valence-electron chi connectivity index (χ2n) is 24.9. The lowest BCUT2D eigenvalue weighted by molar-refractivity contribution is -0.143. The topological polar surface area (TPSA) is 95.9 Å². The molecule has 0 bridgehead atoms. The molecular weight excluding hydrogens is 971 g/mol. The van der Waals surface area contributed by atoms with Gasteiger partial charge in [-0.25, -0.2) is 0 Å². The van der Waals surface area contributed by atoms with Crippen LogP contribution >= 0.6 is 0 Å². The van der Waals surface area contributed by atoms with E-state index in [0.717, 1.165) is 44.9 Å². The molecule has 0 saturated heterocycles. The Balaban J connectivity index is 3.29. The second kappa shape index (κ2) is 68.8. The molecule has 0 aromatic heterocycles. The number of nitrogens with one attached hydrogen (secondary N) is 1. The van der Waals surface area contributed by atoms with Crippen LogP contribution < -0.4 is 5.32 Å². The van der Waals surface area contributed by atoms with E-state index in [0.29, 0.717) is 25.9 Å². The molecule has 79 heavy (non-hydrogen) atoms. The molecule has 0 aliphatic rings. The Bertz CT molecular complexity index is 1230. The van der Waals surface area contributed by atoms with Crippen molar-refractivity contribution in [3.05, 3.63) is 24.3 Å². The molecule has 1 amide bonds. The number of carbonyl (C=O) groups excluding carboxylic acids is 2. The van der Waals surface area contributed by atoms with Gasteiger partial charge in [-0.1, -0.05) is 340 Å². The molecule has 6 heteroatoms. The Morgan fingerprint density at radius 3 is 0.899 bits per heavy atom. The number of ether oxygens (including phenoxy) is 1. The summed E-state index contributed by atoms with van der Waals surface area (Å²) in [5.41, 5.74) is 0. The molecule has 0 aliphatic heterocycles. The highest BCUT2D eigenvalue weighted by Gasteiger charge is 2.20. The Hall–Kier alpha value is -1.66. The Labute approximate surface area is 494 Å². The molecule has 2 unspecified atom stereocenters. The quantitative estimate of drug-likeness (QED) is 0.0320. The summed E-state index contributed by atoms with van der Waals surface area (Å²) < 4.78 is 5.49. The van der Waals surface area contributed by atoms with E-state index in [2.05, 4.69) is 43.5 Å². The van der Waals surface area contributed by atoms with Gasteiger partial charge >= 0.3 is 5.97 Å². The van der Waals surface area contributed by atoms with Gasteiger partial charge in [0.25, 0.3) is 0 Å². The SMILES string of the molecule is CCCCCCC/C=C\CCCCCCCC(=O)OCCCCCCCCCCCCCCCCCCCC/C=C\CCCCCCCCCCCCCCCCCCCC(=O)NC(CO)C(O)CCCCCCCCCCC. The molecule has 0 spiro atoms. The van der Waals surface area contributed by atoms with Crippen LogP contribution in [0.15, 0.2) is 24.3 Å². The number of unbranched alkanes of at least 4 members (excludes halogenated alkanes) is 53. The van der Waals surface area contributed by atoms with Gasteiger partial charge in [0.05, 0.1) is 25.4 Å². The maximum absolute atomic E-state index is 12.4. The highest BCUT2D eigenvalue weighted by molar-refractivity contribution is 5.76. The van der Waals surface area contributed by atoms with E-state index in [1.165, 1.54) is 327 Å². The normalized spacial score (nSPS) is 12.6. The van der Waals surface area contributed by atoms with E-state index < -0.39 is 12.1 Å². The van der Waals surface area contributed by atoms with Crippen LogP contribution in [0.3, 0.4) is 0 Å². The van der Waals surface area contributed by atoms with Gasteiger partial charge in [-0.2, -0.15) is 0 Å². The van der Waals surface area contributed by atoms with E-state index in [9.17, 15) is 19.8 Å². The average Bonchev–Trinajstić information content (AvgIpc) is 3.45. The highest BCUT2D eigenvalue weighted by atomic mass is 16.5. The molecule has 0 rings (SSSR count). The minimum absolute atomic E-state index is 0.0143. The van der Waals surface area contributed by atoms with Crippen molar-refractivity contribution in [2.24, 2.45) is 0 Å². The predicted molar refractivity (Wildman–Crippen MR) is 347 cm³/mol. The Morgan fingerprint density at radius 1 is 0.342 bits per heavy atom. The molecule has 0 aromatic rings. The van der Waals surface area contributed by atoms with Crippen molar-refractivity contribution in [1.82, 2.24) is 5.32 Å². The summed E-state index contributed by atoms with van der Waals surface area (Å²) in [6, 6.07) is -0.535. The zero-order chi connectivity index (χ0) is 57.1. The van der Waals surface area contributed by atoms with Crippen LogP contribution in [0.4, 0.5) is 0 Å². The number of esters is 1. The van der Waals surface area contributed by atoms with Gasteiger partial charge in [-0.05, 0) is 77.0 Å². The van der Waals surface area contributed by atoms with Gasteiger partial charge < -0.3 is 20.3 Å². The summed E-state index contributed by atoms with van der Waals surface area (Å²) in [5.74, 6) is -0.0169. The molecule has 0 saturated carbocycles. The third-order valence-electron chi connectivity index (χ3n) is 17.0. The summed E-state index contributed by atoms with van der Waals surface area (Å²) in [6.07, 6.45) is 87.0. The number of allylic oxidation sites excluding steroid dienone is 4. The van der Waals surface area contributed by atoms with Crippen molar-refractivity contribution >= 4 is 11.9 Å². The first-order valence-corrected chi connectivity index (χ1v) is 36.1. The van der Waals surface area contributed by atoms with Crippen molar-refractivity contribution in [2.45, 2.75) is 418 Å². The number of hydrogen-bond acceptors (Lipinski definition) is 5. The smallest absolute Gasteiger partial charge is 0.305 e. The molecule has 468 valence electrons. The van der Waals surface area contributed by atoms with Crippen LogP contribution in [-0.4, -0.2) is 47.4 Å². The predicted octanol–water partition coefficient (Wildman–Crippen LogP) is 23.3. The number of carbonyl (C=O) groups is 2. The molecule has 0 fully saturated rings. The van der Waals surface area contributed by atoms with Crippen molar-refractivity contribution < 1.29 is 24.5 Å². The summed E-state index contributed by atoms with van der Waals surface area (Å²) in [4.78, 5) is 24.5. The fourth-order valence-electron chi connectivity index (χ4n) is 11.5. The van der Waals surface area contributed by atoms with Gasteiger partial charge in [-0.15, -0.1) is 0 Å². The molecule has 3 N–H and O–H groups in total. The van der Waals surface area contributed by atoms with Gasteiger partial charge in [0.1, 0.15) is 0 Å². The maximum Gasteiger partial charge on any atom is 0.305 e. The van der Waals surface area contributed by atoms with Crippen LogP contribution in [-0.2, 0) is 14.3 Å². The fourth-order valence-corrected chi connectivity index (χ4v) is 11.5. The van der Waals surface area contributed by atoms with E-state index >= 15 is 0 Å². The van der Waals surface area contributed by atoms with E-state index in [1.54, 1.807) is 0 Å². The first-order chi connectivity index (χ1) is 39.0. The molecule has 2 atom stereocenters. The summed E-state index contributed by atoms with van der Waals surface area (Å²) in [6.45, 7) is 4.95. The minimum atomic E-state index is -0.658. The van der Waals surface area contributed by atoms with Gasteiger partial charge in [0, 0.05) is 12.8 Å². The van der Waals surface area contributed by atoms with E-state index in [-0.39, 0.29) is 18.5 Å². The Kier molecular flexibility index (Phi) is 67.4. The number of aliphatic hydroxyl groups is 2. The number of aliphatic hydroxyl groups excluding tert-OH is 2. The monoisotopic (exact) mass is 1110 g/mol.